The number of halogens is 1. The van der Waals surface area contributed by atoms with Crippen LogP contribution in [0.5, 0.6) is 5.75 Å². The second kappa shape index (κ2) is 5.52. The van der Waals surface area contributed by atoms with Crippen LogP contribution < -0.4 is 4.74 Å². The normalized spacial score (nSPS) is 14.7. The monoisotopic (exact) mass is 272 g/mol. The average Bonchev–Trinajstić information content (AvgIpc) is 2.20. The highest BCUT2D eigenvalue weighted by molar-refractivity contribution is 9.10. The Kier molecular flexibility index (Phi) is 4.61. The van der Waals surface area contributed by atoms with Crippen LogP contribution in [0.3, 0.4) is 0 Å². The largest absolute Gasteiger partial charge is 0.490 e. The van der Waals surface area contributed by atoms with E-state index in [1.54, 1.807) is 6.92 Å². The number of aliphatic hydroxyl groups is 1. The first-order chi connectivity index (χ1) is 7.04. The first-order valence-electron chi connectivity index (χ1n) is 5.18. The summed E-state index contributed by atoms with van der Waals surface area (Å²) in [6.07, 6.45) is 0.611. The van der Waals surface area contributed by atoms with Crippen molar-refractivity contribution in [3.63, 3.8) is 0 Å². The highest BCUT2D eigenvalue weighted by Crippen LogP contribution is 2.29. The Morgan fingerprint density at radius 1 is 1.40 bits per heavy atom. The van der Waals surface area contributed by atoms with Gasteiger partial charge in [-0.25, -0.2) is 0 Å². The van der Waals surface area contributed by atoms with Gasteiger partial charge in [-0.1, -0.05) is 22.9 Å². The van der Waals surface area contributed by atoms with Crippen LogP contribution in [0, 0.1) is 0 Å². The molecule has 0 saturated heterocycles. The molecular weight excluding hydrogens is 256 g/mol. The lowest BCUT2D eigenvalue weighted by Crippen LogP contribution is -2.11. The van der Waals surface area contributed by atoms with Gasteiger partial charge in [0.2, 0.25) is 0 Å². The summed E-state index contributed by atoms with van der Waals surface area (Å²) in [5.74, 6) is 0.766. The molecule has 84 valence electrons. The first kappa shape index (κ1) is 12.5. The number of ether oxygens (including phenoxy) is 1. The molecule has 0 aromatic heterocycles. The molecule has 0 bridgehead atoms. The van der Waals surface area contributed by atoms with E-state index in [2.05, 4.69) is 22.9 Å². The Balaban J connectivity index is 2.95. The molecule has 0 fully saturated rings. The molecule has 1 aromatic carbocycles. The molecule has 1 rings (SSSR count). The van der Waals surface area contributed by atoms with Gasteiger partial charge in [-0.15, -0.1) is 0 Å². The van der Waals surface area contributed by atoms with E-state index in [1.165, 1.54) is 0 Å². The fourth-order valence-electron chi connectivity index (χ4n) is 1.25. The quantitative estimate of drug-likeness (QED) is 0.906. The minimum absolute atomic E-state index is 0.170. The van der Waals surface area contributed by atoms with Gasteiger partial charge >= 0.3 is 0 Å². The molecule has 0 spiro atoms. The first-order valence-corrected chi connectivity index (χ1v) is 5.98. The molecule has 0 aliphatic heterocycles. The molecule has 0 aliphatic carbocycles. The van der Waals surface area contributed by atoms with Crippen LogP contribution in [-0.4, -0.2) is 11.2 Å². The Hall–Kier alpha value is -0.540. The van der Waals surface area contributed by atoms with Crippen LogP contribution >= 0.6 is 15.9 Å². The lowest BCUT2D eigenvalue weighted by atomic mass is 10.1. The van der Waals surface area contributed by atoms with E-state index in [-0.39, 0.29) is 6.10 Å². The Morgan fingerprint density at radius 2 is 2.07 bits per heavy atom. The van der Waals surface area contributed by atoms with Crippen LogP contribution in [0.2, 0.25) is 0 Å². The number of hydrogen-bond donors (Lipinski definition) is 1. The fraction of sp³-hybridized carbons (Fsp3) is 0.500. The number of aliphatic hydroxyl groups excluding tert-OH is 1. The number of rotatable bonds is 4. The summed E-state index contributed by atoms with van der Waals surface area (Å²) < 4.78 is 6.68. The van der Waals surface area contributed by atoms with Crippen LogP contribution in [0.1, 0.15) is 38.9 Å². The van der Waals surface area contributed by atoms with Crippen molar-refractivity contribution in [2.45, 2.75) is 39.4 Å². The van der Waals surface area contributed by atoms with Crippen molar-refractivity contribution in [2.75, 3.05) is 0 Å². The third kappa shape index (κ3) is 3.50. The van der Waals surface area contributed by atoms with Crippen LogP contribution in [0.4, 0.5) is 0 Å². The van der Waals surface area contributed by atoms with Gasteiger partial charge in [-0.3, -0.25) is 0 Å². The number of hydrogen-bond acceptors (Lipinski definition) is 2. The van der Waals surface area contributed by atoms with Gasteiger partial charge in [0.25, 0.3) is 0 Å². The highest BCUT2D eigenvalue weighted by atomic mass is 79.9. The maximum absolute atomic E-state index is 9.61. The van der Waals surface area contributed by atoms with Crippen molar-refractivity contribution in [3.05, 3.63) is 28.2 Å². The lowest BCUT2D eigenvalue weighted by molar-refractivity contribution is 0.176. The Labute approximate surface area is 99.4 Å². The smallest absolute Gasteiger partial charge is 0.125 e. The van der Waals surface area contributed by atoms with Gasteiger partial charge in [-0.2, -0.15) is 0 Å². The second-order valence-electron chi connectivity index (χ2n) is 3.69. The summed E-state index contributed by atoms with van der Waals surface area (Å²) in [7, 11) is 0. The summed E-state index contributed by atoms with van der Waals surface area (Å²) in [6, 6.07) is 5.70. The van der Waals surface area contributed by atoms with Gasteiger partial charge in [0.1, 0.15) is 5.75 Å². The maximum atomic E-state index is 9.61. The summed E-state index contributed by atoms with van der Waals surface area (Å²) in [6.45, 7) is 5.84. The van der Waals surface area contributed by atoms with Gasteiger partial charge < -0.3 is 9.84 Å². The Morgan fingerprint density at radius 3 is 2.60 bits per heavy atom. The molecule has 1 unspecified atom stereocenters. The number of benzene rings is 1. The standard InChI is InChI=1S/C12H17BrO2/c1-4-8(2)15-12-6-5-10(13)7-11(12)9(3)14/h5-9,14H,4H2,1-3H3/t8?,9-/m0/s1. The van der Waals surface area contributed by atoms with E-state index in [9.17, 15) is 5.11 Å². The van der Waals surface area contributed by atoms with Gasteiger partial charge in [0.15, 0.2) is 0 Å². The maximum Gasteiger partial charge on any atom is 0.125 e. The highest BCUT2D eigenvalue weighted by Gasteiger charge is 2.11. The second-order valence-corrected chi connectivity index (χ2v) is 4.61. The predicted molar refractivity (Wildman–Crippen MR) is 65.2 cm³/mol. The molecule has 0 aliphatic rings. The van der Waals surface area contributed by atoms with E-state index in [1.807, 2.05) is 25.1 Å². The molecular formula is C12H17BrO2. The Bertz CT molecular complexity index is 323. The van der Waals surface area contributed by atoms with Crippen LogP contribution in [0.25, 0.3) is 0 Å². The molecule has 0 heterocycles. The molecule has 3 heteroatoms. The third-order valence-corrected chi connectivity index (χ3v) is 2.82. The minimum atomic E-state index is -0.512. The zero-order valence-electron chi connectivity index (χ0n) is 9.33. The van der Waals surface area contributed by atoms with Crippen molar-refractivity contribution >= 4 is 15.9 Å². The minimum Gasteiger partial charge on any atom is -0.490 e. The molecule has 2 nitrogen and oxygen atoms in total. The zero-order valence-corrected chi connectivity index (χ0v) is 10.9. The molecule has 2 atom stereocenters. The van der Waals surface area contributed by atoms with E-state index in [0.717, 1.165) is 22.2 Å². The molecule has 0 radical (unpaired) electrons. The molecule has 15 heavy (non-hydrogen) atoms. The van der Waals surface area contributed by atoms with Crippen molar-refractivity contribution < 1.29 is 9.84 Å². The van der Waals surface area contributed by atoms with Gasteiger partial charge in [-0.05, 0) is 38.5 Å². The lowest BCUT2D eigenvalue weighted by Gasteiger charge is -2.17. The van der Waals surface area contributed by atoms with E-state index in [4.69, 9.17) is 4.74 Å². The molecule has 0 amide bonds. The predicted octanol–water partition coefficient (Wildman–Crippen LogP) is 3.68. The summed E-state index contributed by atoms with van der Waals surface area (Å²) in [5.41, 5.74) is 0.824. The molecule has 1 N–H and O–H groups in total. The van der Waals surface area contributed by atoms with Crippen LogP contribution in [0.15, 0.2) is 22.7 Å². The van der Waals surface area contributed by atoms with E-state index >= 15 is 0 Å². The summed E-state index contributed by atoms with van der Waals surface area (Å²) in [5, 5.41) is 9.61. The van der Waals surface area contributed by atoms with Crippen LogP contribution in [-0.2, 0) is 0 Å². The van der Waals surface area contributed by atoms with Gasteiger partial charge in [0.05, 0.1) is 12.2 Å². The topological polar surface area (TPSA) is 29.5 Å². The average molecular weight is 273 g/mol. The van der Waals surface area contributed by atoms with Crippen molar-refractivity contribution in [2.24, 2.45) is 0 Å². The van der Waals surface area contributed by atoms with Crippen molar-refractivity contribution in [1.82, 2.24) is 0 Å². The van der Waals surface area contributed by atoms with Gasteiger partial charge in [0, 0.05) is 10.0 Å². The van der Waals surface area contributed by atoms with E-state index in [0.29, 0.717) is 0 Å². The van der Waals surface area contributed by atoms with Crippen molar-refractivity contribution in [1.29, 1.82) is 0 Å². The van der Waals surface area contributed by atoms with E-state index < -0.39 is 6.10 Å². The third-order valence-electron chi connectivity index (χ3n) is 2.32. The van der Waals surface area contributed by atoms with Crippen molar-refractivity contribution in [3.8, 4) is 5.75 Å². The summed E-state index contributed by atoms with van der Waals surface area (Å²) in [4.78, 5) is 0. The fourth-order valence-corrected chi connectivity index (χ4v) is 1.63. The molecule has 0 saturated carbocycles. The molecule has 1 aromatic rings. The SMILES string of the molecule is CCC(C)Oc1ccc(Br)cc1[C@H](C)O. The summed E-state index contributed by atoms with van der Waals surface area (Å²) >= 11 is 3.38. The zero-order chi connectivity index (χ0) is 11.4.